The molecule has 1 aliphatic rings. The van der Waals surface area contributed by atoms with Gasteiger partial charge in [-0.15, -0.1) is 0 Å². The Hall–Kier alpha value is -2.03. The van der Waals surface area contributed by atoms with Crippen LogP contribution in [-0.2, 0) is 4.79 Å². The summed E-state index contributed by atoms with van der Waals surface area (Å²) in [7, 11) is 1.62. The number of likely N-dealkylation sites (N-methyl/N-ethyl adjacent to an activating group) is 1. The second kappa shape index (κ2) is 10.1. The molecule has 0 spiro atoms. The minimum atomic E-state index is -0.0743. The number of hydrogen-bond donors (Lipinski definition) is 0. The Bertz CT molecular complexity index is 948. The number of carbonyl (C=O) groups is 1. The van der Waals surface area contributed by atoms with Crippen molar-refractivity contribution in [3.8, 4) is 17.2 Å². The third kappa shape index (κ3) is 5.52. The van der Waals surface area contributed by atoms with Gasteiger partial charge in [0, 0.05) is 22.6 Å². The SMILES string of the molecule is CCN1C(=O)/C(=C\c2cc(Br)ccc2OCCOc2cccc(OC)c2)SC1=S. The van der Waals surface area contributed by atoms with Crippen LogP contribution in [0.5, 0.6) is 17.2 Å². The summed E-state index contributed by atoms with van der Waals surface area (Å²) in [6, 6.07) is 13.1. The minimum absolute atomic E-state index is 0.0743. The first kappa shape index (κ1) is 21.7. The van der Waals surface area contributed by atoms with E-state index >= 15 is 0 Å². The number of methoxy groups -OCH3 is 1. The summed E-state index contributed by atoms with van der Waals surface area (Å²) < 4.78 is 18.3. The molecule has 2 aromatic carbocycles. The van der Waals surface area contributed by atoms with Crippen LogP contribution in [0.2, 0.25) is 0 Å². The van der Waals surface area contributed by atoms with Crippen LogP contribution < -0.4 is 14.2 Å². The molecule has 0 bridgehead atoms. The van der Waals surface area contributed by atoms with Crippen LogP contribution in [0.3, 0.4) is 0 Å². The summed E-state index contributed by atoms with van der Waals surface area (Å²) in [5, 5.41) is 0. The summed E-state index contributed by atoms with van der Waals surface area (Å²) in [5.41, 5.74) is 0.803. The van der Waals surface area contributed by atoms with Crippen molar-refractivity contribution in [1.82, 2.24) is 4.90 Å². The van der Waals surface area contributed by atoms with Crippen molar-refractivity contribution in [2.45, 2.75) is 6.92 Å². The number of amides is 1. The van der Waals surface area contributed by atoms with Gasteiger partial charge in [0.25, 0.3) is 5.91 Å². The molecule has 2 aromatic rings. The molecule has 1 aliphatic heterocycles. The van der Waals surface area contributed by atoms with E-state index in [1.807, 2.05) is 55.5 Å². The number of ether oxygens (including phenoxy) is 3. The molecule has 0 radical (unpaired) electrons. The van der Waals surface area contributed by atoms with Crippen molar-refractivity contribution in [3.05, 3.63) is 57.4 Å². The normalized spacial score (nSPS) is 15.1. The number of carbonyl (C=O) groups excluding carboxylic acids is 1. The Morgan fingerprint density at radius 2 is 1.90 bits per heavy atom. The predicted octanol–water partition coefficient (Wildman–Crippen LogP) is 5.14. The molecule has 0 unspecified atom stereocenters. The van der Waals surface area contributed by atoms with Gasteiger partial charge in [-0.25, -0.2) is 0 Å². The van der Waals surface area contributed by atoms with Gasteiger partial charge in [0.05, 0.1) is 12.0 Å². The first-order chi connectivity index (χ1) is 14.0. The number of thioether (sulfide) groups is 1. The predicted molar refractivity (Wildman–Crippen MR) is 124 cm³/mol. The second-order valence-corrected chi connectivity index (χ2v) is 8.58. The van der Waals surface area contributed by atoms with E-state index in [0.29, 0.717) is 40.5 Å². The van der Waals surface area contributed by atoms with Crippen molar-refractivity contribution in [2.75, 3.05) is 26.9 Å². The maximum atomic E-state index is 12.5. The lowest BCUT2D eigenvalue weighted by atomic mass is 10.2. The summed E-state index contributed by atoms with van der Waals surface area (Å²) >= 11 is 10.1. The third-order valence-corrected chi connectivity index (χ3v) is 5.97. The maximum Gasteiger partial charge on any atom is 0.266 e. The average molecular weight is 494 g/mol. The van der Waals surface area contributed by atoms with Crippen LogP contribution in [0, 0.1) is 0 Å². The van der Waals surface area contributed by atoms with Crippen LogP contribution in [0.25, 0.3) is 6.08 Å². The molecule has 0 N–H and O–H groups in total. The Kier molecular flexibility index (Phi) is 7.57. The van der Waals surface area contributed by atoms with Gasteiger partial charge >= 0.3 is 0 Å². The van der Waals surface area contributed by atoms with Crippen molar-refractivity contribution in [2.24, 2.45) is 0 Å². The van der Waals surface area contributed by atoms with E-state index in [9.17, 15) is 4.79 Å². The lowest BCUT2D eigenvalue weighted by molar-refractivity contribution is -0.121. The van der Waals surface area contributed by atoms with E-state index in [2.05, 4.69) is 15.9 Å². The van der Waals surface area contributed by atoms with E-state index in [0.717, 1.165) is 15.8 Å². The summed E-state index contributed by atoms with van der Waals surface area (Å²) in [6.45, 7) is 3.20. The number of hydrogen-bond acceptors (Lipinski definition) is 6. The number of nitrogens with zero attached hydrogens (tertiary/aromatic N) is 1. The Balaban J connectivity index is 1.67. The van der Waals surface area contributed by atoms with Gasteiger partial charge in [-0.05, 0) is 43.3 Å². The van der Waals surface area contributed by atoms with Crippen LogP contribution in [0.1, 0.15) is 12.5 Å². The quantitative estimate of drug-likeness (QED) is 0.288. The van der Waals surface area contributed by atoms with Gasteiger partial charge in [-0.2, -0.15) is 0 Å². The summed E-state index contributed by atoms with van der Waals surface area (Å²) in [5.74, 6) is 2.05. The van der Waals surface area contributed by atoms with E-state index in [4.69, 9.17) is 26.4 Å². The molecule has 1 saturated heterocycles. The fourth-order valence-electron chi connectivity index (χ4n) is 2.68. The Morgan fingerprint density at radius 3 is 2.62 bits per heavy atom. The first-order valence-corrected chi connectivity index (χ1v) is 11.0. The standard InChI is InChI=1S/C21H20BrNO4S2/c1-3-23-20(24)19(29-21(23)28)12-14-11-15(22)7-8-18(14)27-10-9-26-17-6-4-5-16(13-17)25-2/h4-8,11-13H,3,9-10H2,1-2H3/b19-12+. The van der Waals surface area contributed by atoms with Gasteiger partial charge in [0.1, 0.15) is 34.8 Å². The van der Waals surface area contributed by atoms with E-state index in [1.165, 1.54) is 11.8 Å². The van der Waals surface area contributed by atoms with Crippen molar-refractivity contribution >= 4 is 56.2 Å². The average Bonchev–Trinajstić information content (AvgIpc) is 2.99. The third-order valence-electron chi connectivity index (χ3n) is 4.10. The van der Waals surface area contributed by atoms with E-state index in [-0.39, 0.29) is 5.91 Å². The molecule has 5 nitrogen and oxygen atoms in total. The molecule has 1 fully saturated rings. The smallest absolute Gasteiger partial charge is 0.266 e. The van der Waals surface area contributed by atoms with Crippen molar-refractivity contribution < 1.29 is 19.0 Å². The molecular weight excluding hydrogens is 474 g/mol. The largest absolute Gasteiger partial charge is 0.497 e. The van der Waals surface area contributed by atoms with Crippen LogP contribution in [0.4, 0.5) is 0 Å². The van der Waals surface area contributed by atoms with Crippen molar-refractivity contribution in [3.63, 3.8) is 0 Å². The summed E-state index contributed by atoms with van der Waals surface area (Å²) in [4.78, 5) is 14.7. The topological polar surface area (TPSA) is 48.0 Å². The molecule has 0 aromatic heterocycles. The highest BCUT2D eigenvalue weighted by Crippen LogP contribution is 2.35. The molecule has 0 saturated carbocycles. The lowest BCUT2D eigenvalue weighted by Crippen LogP contribution is -2.27. The van der Waals surface area contributed by atoms with Crippen LogP contribution in [0.15, 0.2) is 51.8 Å². The molecule has 0 aliphatic carbocycles. The number of halogens is 1. The fraction of sp³-hybridized carbons (Fsp3) is 0.238. The van der Waals surface area contributed by atoms with E-state index in [1.54, 1.807) is 12.0 Å². The second-order valence-electron chi connectivity index (χ2n) is 5.98. The highest BCUT2D eigenvalue weighted by atomic mass is 79.9. The zero-order valence-electron chi connectivity index (χ0n) is 16.0. The maximum absolute atomic E-state index is 12.5. The molecule has 8 heteroatoms. The monoisotopic (exact) mass is 493 g/mol. The number of rotatable bonds is 8. The lowest BCUT2D eigenvalue weighted by Gasteiger charge is -2.12. The number of thiocarbonyl (C=S) groups is 1. The Labute approximate surface area is 188 Å². The van der Waals surface area contributed by atoms with Gasteiger partial charge in [0.2, 0.25) is 0 Å². The van der Waals surface area contributed by atoms with Crippen LogP contribution in [-0.4, -0.2) is 42.0 Å². The van der Waals surface area contributed by atoms with E-state index < -0.39 is 0 Å². The van der Waals surface area contributed by atoms with Crippen LogP contribution >= 0.6 is 39.9 Å². The zero-order valence-corrected chi connectivity index (χ0v) is 19.2. The first-order valence-electron chi connectivity index (χ1n) is 8.96. The van der Waals surface area contributed by atoms with Gasteiger partial charge in [-0.3, -0.25) is 9.69 Å². The molecule has 1 amide bonds. The molecule has 1 heterocycles. The molecular formula is C21H20BrNO4S2. The van der Waals surface area contributed by atoms with Gasteiger partial charge in [-0.1, -0.05) is 46.0 Å². The van der Waals surface area contributed by atoms with Gasteiger partial charge < -0.3 is 14.2 Å². The summed E-state index contributed by atoms with van der Waals surface area (Å²) in [6.07, 6.45) is 1.82. The molecule has 29 heavy (non-hydrogen) atoms. The minimum Gasteiger partial charge on any atom is -0.497 e. The Morgan fingerprint density at radius 1 is 1.14 bits per heavy atom. The highest BCUT2D eigenvalue weighted by Gasteiger charge is 2.30. The highest BCUT2D eigenvalue weighted by molar-refractivity contribution is 9.10. The molecule has 152 valence electrons. The molecule has 0 atom stereocenters. The van der Waals surface area contributed by atoms with Crippen molar-refractivity contribution in [1.29, 1.82) is 0 Å². The zero-order chi connectivity index (χ0) is 20.8. The molecule has 3 rings (SSSR count). The van der Waals surface area contributed by atoms with Gasteiger partial charge in [0.15, 0.2) is 0 Å². The fourth-order valence-corrected chi connectivity index (χ4v) is 4.43. The number of benzene rings is 2.